The average Bonchev–Trinajstić information content (AvgIpc) is 2.27. The van der Waals surface area contributed by atoms with Gasteiger partial charge in [0.1, 0.15) is 0 Å². The number of carbonyl (C=O) groups excluding carboxylic acids is 1. The van der Waals surface area contributed by atoms with Gasteiger partial charge in [-0.2, -0.15) is 0 Å². The monoisotopic (exact) mass is 201 g/mol. The van der Waals surface area contributed by atoms with E-state index in [0.29, 0.717) is 19.3 Å². The first-order chi connectivity index (χ1) is 7.24. The highest BCUT2D eigenvalue weighted by atomic mass is 16.1. The Hall–Kier alpha value is -1.59. The van der Waals surface area contributed by atoms with E-state index in [9.17, 15) is 4.79 Å². The molecule has 0 heterocycles. The standard InChI is InChI=1S/C13H15NO/c1-2-3-9-13(15)12(14)10-11-7-5-4-6-8-11/h1,4-8,12H,3,9-10,14H2. The van der Waals surface area contributed by atoms with Gasteiger partial charge >= 0.3 is 0 Å². The molecule has 0 aromatic heterocycles. The Morgan fingerprint density at radius 1 is 1.40 bits per heavy atom. The van der Waals surface area contributed by atoms with Crippen LogP contribution in [0, 0.1) is 12.3 Å². The normalized spacial score (nSPS) is 11.7. The summed E-state index contributed by atoms with van der Waals surface area (Å²) >= 11 is 0. The molecule has 2 nitrogen and oxygen atoms in total. The average molecular weight is 201 g/mol. The van der Waals surface area contributed by atoms with Crippen LogP contribution in [0.25, 0.3) is 0 Å². The summed E-state index contributed by atoms with van der Waals surface area (Å²) in [5, 5.41) is 0. The lowest BCUT2D eigenvalue weighted by Crippen LogP contribution is -2.32. The van der Waals surface area contributed by atoms with Crippen LogP contribution >= 0.6 is 0 Å². The maximum atomic E-state index is 11.5. The summed E-state index contributed by atoms with van der Waals surface area (Å²) < 4.78 is 0. The number of rotatable bonds is 5. The van der Waals surface area contributed by atoms with Crippen LogP contribution in [0.15, 0.2) is 30.3 Å². The van der Waals surface area contributed by atoms with Gasteiger partial charge in [0.05, 0.1) is 6.04 Å². The van der Waals surface area contributed by atoms with Crippen molar-refractivity contribution >= 4 is 5.78 Å². The molecule has 2 N–H and O–H groups in total. The van der Waals surface area contributed by atoms with Crippen LogP contribution in [0.4, 0.5) is 0 Å². The van der Waals surface area contributed by atoms with Crippen molar-refractivity contribution in [2.24, 2.45) is 5.73 Å². The van der Waals surface area contributed by atoms with Crippen molar-refractivity contribution in [1.82, 2.24) is 0 Å². The van der Waals surface area contributed by atoms with Crippen LogP contribution in [-0.4, -0.2) is 11.8 Å². The maximum absolute atomic E-state index is 11.5. The quantitative estimate of drug-likeness (QED) is 0.734. The van der Waals surface area contributed by atoms with Gasteiger partial charge in [0, 0.05) is 12.8 Å². The highest BCUT2D eigenvalue weighted by molar-refractivity contribution is 5.84. The first-order valence-electron chi connectivity index (χ1n) is 4.99. The molecule has 0 aliphatic heterocycles. The fourth-order valence-electron chi connectivity index (χ4n) is 1.36. The fraction of sp³-hybridized carbons (Fsp3) is 0.308. The van der Waals surface area contributed by atoms with Crippen molar-refractivity contribution in [2.75, 3.05) is 0 Å². The van der Waals surface area contributed by atoms with Crippen LogP contribution in [0.1, 0.15) is 18.4 Å². The number of terminal acetylenes is 1. The molecule has 0 aliphatic carbocycles. The molecule has 15 heavy (non-hydrogen) atoms. The number of ketones is 1. The van der Waals surface area contributed by atoms with Crippen LogP contribution < -0.4 is 5.73 Å². The summed E-state index contributed by atoms with van der Waals surface area (Å²) in [6.07, 6.45) is 6.53. The van der Waals surface area contributed by atoms with E-state index in [4.69, 9.17) is 12.2 Å². The smallest absolute Gasteiger partial charge is 0.150 e. The second-order valence-electron chi connectivity index (χ2n) is 3.47. The maximum Gasteiger partial charge on any atom is 0.150 e. The lowest BCUT2D eigenvalue weighted by Gasteiger charge is -2.09. The van der Waals surface area contributed by atoms with Crippen molar-refractivity contribution in [3.63, 3.8) is 0 Å². The van der Waals surface area contributed by atoms with E-state index in [2.05, 4.69) is 5.92 Å². The molecule has 1 unspecified atom stereocenters. The third-order valence-electron chi connectivity index (χ3n) is 2.23. The molecule has 0 spiro atoms. The molecule has 1 atom stereocenters. The predicted molar refractivity (Wildman–Crippen MR) is 61.2 cm³/mol. The van der Waals surface area contributed by atoms with E-state index < -0.39 is 6.04 Å². The van der Waals surface area contributed by atoms with Crippen molar-refractivity contribution in [3.8, 4) is 12.3 Å². The van der Waals surface area contributed by atoms with Crippen molar-refractivity contribution in [3.05, 3.63) is 35.9 Å². The van der Waals surface area contributed by atoms with Gasteiger partial charge in [-0.3, -0.25) is 4.79 Å². The Balaban J connectivity index is 2.46. The SMILES string of the molecule is C#CCCC(=O)C(N)Cc1ccccc1. The number of hydrogen-bond acceptors (Lipinski definition) is 2. The highest BCUT2D eigenvalue weighted by Gasteiger charge is 2.12. The van der Waals surface area contributed by atoms with Gasteiger partial charge in [-0.05, 0) is 12.0 Å². The number of hydrogen-bond donors (Lipinski definition) is 1. The molecule has 0 fully saturated rings. The minimum absolute atomic E-state index is 0.0387. The van der Waals surface area contributed by atoms with Gasteiger partial charge in [0.15, 0.2) is 5.78 Å². The van der Waals surface area contributed by atoms with Crippen LogP contribution in [0.5, 0.6) is 0 Å². The fourth-order valence-corrected chi connectivity index (χ4v) is 1.36. The molecule has 78 valence electrons. The number of Topliss-reactive ketones (excluding diaryl/α,β-unsaturated/α-hetero) is 1. The molecule has 2 heteroatoms. The van der Waals surface area contributed by atoms with E-state index >= 15 is 0 Å². The summed E-state index contributed by atoms with van der Waals surface area (Å²) in [4.78, 5) is 11.5. The Labute approximate surface area is 90.5 Å². The Morgan fingerprint density at radius 3 is 2.67 bits per heavy atom. The van der Waals surface area contributed by atoms with E-state index in [0.717, 1.165) is 5.56 Å². The lowest BCUT2D eigenvalue weighted by molar-refractivity contribution is -0.120. The molecule has 0 saturated carbocycles. The molecular weight excluding hydrogens is 186 g/mol. The number of benzene rings is 1. The van der Waals surface area contributed by atoms with E-state index in [1.165, 1.54) is 0 Å². The Bertz CT molecular complexity index is 351. The van der Waals surface area contributed by atoms with Crippen molar-refractivity contribution in [1.29, 1.82) is 0 Å². The molecule has 1 aromatic carbocycles. The van der Waals surface area contributed by atoms with Gasteiger partial charge in [-0.25, -0.2) is 0 Å². The van der Waals surface area contributed by atoms with Gasteiger partial charge in [-0.15, -0.1) is 12.3 Å². The third-order valence-corrected chi connectivity index (χ3v) is 2.23. The van der Waals surface area contributed by atoms with E-state index in [1.807, 2.05) is 30.3 Å². The zero-order chi connectivity index (χ0) is 11.1. The zero-order valence-corrected chi connectivity index (χ0v) is 8.65. The second-order valence-corrected chi connectivity index (χ2v) is 3.47. The summed E-state index contributed by atoms with van der Waals surface area (Å²) in [6.45, 7) is 0. The second kappa shape index (κ2) is 6.00. The van der Waals surface area contributed by atoms with Gasteiger partial charge in [-0.1, -0.05) is 30.3 Å². The molecule has 0 radical (unpaired) electrons. The van der Waals surface area contributed by atoms with E-state index in [1.54, 1.807) is 0 Å². The molecule has 0 aliphatic rings. The zero-order valence-electron chi connectivity index (χ0n) is 8.65. The van der Waals surface area contributed by atoms with Gasteiger partial charge in [0.2, 0.25) is 0 Å². The Kier molecular flexibility index (Phi) is 4.59. The van der Waals surface area contributed by atoms with Crippen molar-refractivity contribution < 1.29 is 4.79 Å². The molecule has 0 amide bonds. The number of carbonyl (C=O) groups is 1. The van der Waals surface area contributed by atoms with Gasteiger partial charge < -0.3 is 5.73 Å². The summed E-state index contributed by atoms with van der Waals surface area (Å²) in [5.74, 6) is 2.48. The van der Waals surface area contributed by atoms with Gasteiger partial charge in [0.25, 0.3) is 0 Å². The molecule has 1 aromatic rings. The third kappa shape index (κ3) is 3.97. The highest BCUT2D eigenvalue weighted by Crippen LogP contribution is 2.04. The molecule has 0 bridgehead atoms. The van der Waals surface area contributed by atoms with Crippen LogP contribution in [0.3, 0.4) is 0 Å². The first-order valence-corrected chi connectivity index (χ1v) is 4.99. The number of nitrogens with two attached hydrogens (primary N) is 1. The minimum atomic E-state index is -0.430. The first kappa shape index (κ1) is 11.5. The topological polar surface area (TPSA) is 43.1 Å². The predicted octanol–water partition coefficient (Wildman–Crippen LogP) is 1.54. The van der Waals surface area contributed by atoms with E-state index in [-0.39, 0.29) is 5.78 Å². The summed E-state index contributed by atoms with van der Waals surface area (Å²) in [7, 11) is 0. The summed E-state index contributed by atoms with van der Waals surface area (Å²) in [5.41, 5.74) is 6.85. The largest absolute Gasteiger partial charge is 0.321 e. The van der Waals surface area contributed by atoms with Crippen LogP contribution in [-0.2, 0) is 11.2 Å². The molecule has 1 rings (SSSR count). The molecule has 0 saturated heterocycles. The molecular formula is C13H15NO. The van der Waals surface area contributed by atoms with Crippen LogP contribution in [0.2, 0.25) is 0 Å². The Morgan fingerprint density at radius 2 is 2.07 bits per heavy atom. The minimum Gasteiger partial charge on any atom is -0.321 e. The summed E-state index contributed by atoms with van der Waals surface area (Å²) in [6, 6.07) is 9.32. The van der Waals surface area contributed by atoms with Crippen molar-refractivity contribution in [2.45, 2.75) is 25.3 Å². The lowest BCUT2D eigenvalue weighted by atomic mass is 10.0.